The lowest BCUT2D eigenvalue weighted by atomic mass is 10.1. The molecule has 0 aliphatic rings. The Bertz CT molecular complexity index is 1030. The van der Waals surface area contributed by atoms with Crippen LogP contribution < -0.4 is 5.56 Å². The maximum absolute atomic E-state index is 12.4. The van der Waals surface area contributed by atoms with E-state index in [2.05, 4.69) is 9.97 Å². The minimum absolute atomic E-state index is 0.0787. The summed E-state index contributed by atoms with van der Waals surface area (Å²) >= 11 is 0. The first-order chi connectivity index (χ1) is 10.2. The van der Waals surface area contributed by atoms with Gasteiger partial charge in [0.15, 0.2) is 0 Å². The molecule has 4 nitrogen and oxygen atoms in total. The van der Waals surface area contributed by atoms with E-state index < -0.39 is 0 Å². The van der Waals surface area contributed by atoms with Crippen LogP contribution in [0.1, 0.15) is 0 Å². The summed E-state index contributed by atoms with van der Waals surface area (Å²) in [5.74, 6) is 0. The Morgan fingerprint density at radius 2 is 1.95 bits per heavy atom. The summed E-state index contributed by atoms with van der Waals surface area (Å²) in [7, 11) is 1.94. The molecular weight excluding hydrogens is 262 g/mol. The van der Waals surface area contributed by atoms with Crippen LogP contribution in [-0.4, -0.2) is 14.5 Å². The van der Waals surface area contributed by atoms with Crippen molar-refractivity contribution in [2.75, 3.05) is 0 Å². The highest BCUT2D eigenvalue weighted by atomic mass is 16.1. The lowest BCUT2D eigenvalue weighted by molar-refractivity contribution is 0.949. The van der Waals surface area contributed by atoms with Crippen LogP contribution in [0.15, 0.2) is 59.7 Å². The summed E-state index contributed by atoms with van der Waals surface area (Å²) in [4.78, 5) is 19.7. The minimum atomic E-state index is -0.0787. The summed E-state index contributed by atoms with van der Waals surface area (Å²) in [6.45, 7) is 0. The number of aryl methyl sites for hydroxylation is 1. The third-order valence-electron chi connectivity index (χ3n) is 3.78. The van der Waals surface area contributed by atoms with Crippen LogP contribution in [0.4, 0.5) is 0 Å². The summed E-state index contributed by atoms with van der Waals surface area (Å²) in [5.41, 5.74) is 3.23. The number of para-hydroxylation sites is 1. The summed E-state index contributed by atoms with van der Waals surface area (Å²) < 4.78 is 1.94. The number of pyridine rings is 2. The molecule has 21 heavy (non-hydrogen) atoms. The number of benzene rings is 1. The van der Waals surface area contributed by atoms with E-state index in [4.69, 9.17) is 0 Å². The molecule has 102 valence electrons. The molecular formula is C17H13N3O. The Morgan fingerprint density at radius 3 is 2.86 bits per heavy atom. The van der Waals surface area contributed by atoms with E-state index in [9.17, 15) is 4.79 Å². The van der Waals surface area contributed by atoms with Gasteiger partial charge in [0.05, 0.1) is 0 Å². The molecule has 3 aromatic heterocycles. The van der Waals surface area contributed by atoms with Gasteiger partial charge in [-0.1, -0.05) is 18.2 Å². The summed E-state index contributed by atoms with van der Waals surface area (Å²) in [5, 5.41) is 2.01. The second kappa shape index (κ2) is 4.31. The molecule has 0 bridgehead atoms. The van der Waals surface area contributed by atoms with E-state index in [1.165, 1.54) is 0 Å². The van der Waals surface area contributed by atoms with Crippen molar-refractivity contribution < 1.29 is 0 Å². The van der Waals surface area contributed by atoms with Crippen LogP contribution in [0.5, 0.6) is 0 Å². The van der Waals surface area contributed by atoms with Crippen LogP contribution in [0.25, 0.3) is 33.1 Å². The molecule has 3 heterocycles. The van der Waals surface area contributed by atoms with Crippen molar-refractivity contribution in [1.29, 1.82) is 0 Å². The molecule has 0 radical (unpaired) electrons. The second-order valence-electron chi connectivity index (χ2n) is 5.13. The van der Waals surface area contributed by atoms with Gasteiger partial charge in [0.25, 0.3) is 5.56 Å². The molecule has 0 atom stereocenters. The zero-order valence-electron chi connectivity index (χ0n) is 11.5. The fraction of sp³-hybridized carbons (Fsp3) is 0.0588. The van der Waals surface area contributed by atoms with Crippen LogP contribution >= 0.6 is 0 Å². The molecule has 4 heteroatoms. The predicted octanol–water partition coefficient (Wildman–Crippen LogP) is 3.08. The lowest BCUT2D eigenvalue weighted by Crippen LogP contribution is -2.08. The molecule has 4 rings (SSSR count). The van der Waals surface area contributed by atoms with Crippen molar-refractivity contribution in [2.45, 2.75) is 0 Å². The molecule has 0 unspecified atom stereocenters. The van der Waals surface area contributed by atoms with Gasteiger partial charge in [-0.2, -0.15) is 0 Å². The maximum atomic E-state index is 12.4. The average Bonchev–Trinajstić information content (AvgIpc) is 2.84. The monoisotopic (exact) mass is 275 g/mol. The number of aromatic amines is 1. The number of hydrogen-bond acceptors (Lipinski definition) is 2. The van der Waals surface area contributed by atoms with E-state index >= 15 is 0 Å². The Balaban J connectivity index is 2.09. The molecule has 1 N–H and O–H groups in total. The number of aromatic nitrogens is 3. The van der Waals surface area contributed by atoms with Gasteiger partial charge >= 0.3 is 0 Å². The fourth-order valence-electron chi connectivity index (χ4n) is 2.77. The Kier molecular flexibility index (Phi) is 2.44. The van der Waals surface area contributed by atoms with Gasteiger partial charge in [-0.05, 0) is 29.7 Å². The molecule has 0 saturated heterocycles. The largest absolute Gasteiger partial charge is 0.335 e. The van der Waals surface area contributed by atoms with Gasteiger partial charge in [0, 0.05) is 41.5 Å². The van der Waals surface area contributed by atoms with Crippen molar-refractivity contribution in [2.24, 2.45) is 7.05 Å². The molecule has 0 amide bonds. The van der Waals surface area contributed by atoms with Crippen LogP contribution in [-0.2, 0) is 7.05 Å². The Labute approximate surface area is 120 Å². The SMILES string of the molecule is Cn1cc(-c2cc3ccccc3[nH]c2=O)c2cccnc21. The van der Waals surface area contributed by atoms with Crippen LogP contribution in [0.3, 0.4) is 0 Å². The van der Waals surface area contributed by atoms with E-state index in [1.807, 2.05) is 60.3 Å². The fourth-order valence-corrected chi connectivity index (χ4v) is 2.77. The molecule has 0 saturated carbocycles. The first-order valence-electron chi connectivity index (χ1n) is 6.76. The first kappa shape index (κ1) is 11.9. The van der Waals surface area contributed by atoms with Gasteiger partial charge in [-0.25, -0.2) is 4.98 Å². The van der Waals surface area contributed by atoms with Gasteiger partial charge in [-0.3, -0.25) is 4.79 Å². The number of H-pyrrole nitrogens is 1. The van der Waals surface area contributed by atoms with Crippen molar-refractivity contribution in [3.8, 4) is 11.1 Å². The predicted molar refractivity (Wildman–Crippen MR) is 84.3 cm³/mol. The van der Waals surface area contributed by atoms with E-state index in [-0.39, 0.29) is 5.56 Å². The standard InChI is InChI=1S/C17H13N3O/c1-20-10-14(12-6-4-8-18-16(12)20)13-9-11-5-2-3-7-15(11)19-17(13)21/h2-10H,1H3,(H,19,21). The van der Waals surface area contributed by atoms with Gasteiger partial charge in [0.1, 0.15) is 5.65 Å². The smallest absolute Gasteiger partial charge is 0.256 e. The lowest BCUT2D eigenvalue weighted by Gasteiger charge is -2.02. The third kappa shape index (κ3) is 1.76. The third-order valence-corrected chi connectivity index (χ3v) is 3.78. The number of fused-ring (bicyclic) bond motifs is 2. The highest BCUT2D eigenvalue weighted by Gasteiger charge is 2.12. The number of hydrogen-bond donors (Lipinski definition) is 1. The van der Waals surface area contributed by atoms with Crippen molar-refractivity contribution in [3.05, 3.63) is 65.2 Å². The summed E-state index contributed by atoms with van der Waals surface area (Å²) in [6.07, 6.45) is 3.72. The summed E-state index contributed by atoms with van der Waals surface area (Å²) in [6, 6.07) is 13.6. The normalized spacial score (nSPS) is 11.3. The zero-order valence-corrected chi connectivity index (χ0v) is 11.5. The maximum Gasteiger partial charge on any atom is 0.256 e. The number of nitrogens with zero attached hydrogens (tertiary/aromatic N) is 2. The van der Waals surface area contributed by atoms with Crippen LogP contribution in [0, 0.1) is 0 Å². The van der Waals surface area contributed by atoms with Crippen LogP contribution in [0.2, 0.25) is 0 Å². The molecule has 4 aromatic rings. The molecule has 0 aliphatic heterocycles. The Morgan fingerprint density at radius 1 is 1.10 bits per heavy atom. The molecule has 0 spiro atoms. The van der Waals surface area contributed by atoms with Crippen molar-refractivity contribution >= 4 is 21.9 Å². The second-order valence-corrected chi connectivity index (χ2v) is 5.13. The van der Waals surface area contributed by atoms with Gasteiger partial charge in [-0.15, -0.1) is 0 Å². The topological polar surface area (TPSA) is 50.7 Å². The average molecular weight is 275 g/mol. The minimum Gasteiger partial charge on any atom is -0.335 e. The van der Waals surface area contributed by atoms with E-state index in [0.717, 1.165) is 27.5 Å². The quantitative estimate of drug-likeness (QED) is 0.580. The molecule has 0 fully saturated rings. The van der Waals surface area contributed by atoms with Gasteiger partial charge in [0.2, 0.25) is 0 Å². The Hall–Kier alpha value is -2.88. The van der Waals surface area contributed by atoms with Crippen molar-refractivity contribution in [3.63, 3.8) is 0 Å². The zero-order chi connectivity index (χ0) is 14.4. The number of rotatable bonds is 1. The van der Waals surface area contributed by atoms with Gasteiger partial charge < -0.3 is 9.55 Å². The highest BCUT2D eigenvalue weighted by Crippen LogP contribution is 2.28. The molecule has 1 aromatic carbocycles. The number of nitrogens with one attached hydrogen (secondary N) is 1. The highest BCUT2D eigenvalue weighted by molar-refractivity contribution is 5.96. The van der Waals surface area contributed by atoms with Crippen molar-refractivity contribution in [1.82, 2.24) is 14.5 Å². The van der Waals surface area contributed by atoms with E-state index in [0.29, 0.717) is 5.56 Å². The first-order valence-corrected chi connectivity index (χ1v) is 6.76. The van der Waals surface area contributed by atoms with E-state index in [1.54, 1.807) is 6.20 Å². The molecule has 0 aliphatic carbocycles.